The summed E-state index contributed by atoms with van der Waals surface area (Å²) in [6.45, 7) is 0.168. The topological polar surface area (TPSA) is 104 Å². The van der Waals surface area contributed by atoms with Gasteiger partial charge in [-0.25, -0.2) is 14.6 Å². The lowest BCUT2D eigenvalue weighted by molar-refractivity contribution is 0.102. The fourth-order valence-corrected chi connectivity index (χ4v) is 3.84. The van der Waals surface area contributed by atoms with Crippen molar-refractivity contribution in [3.05, 3.63) is 78.4 Å². The molecule has 5 rings (SSSR count). The van der Waals surface area contributed by atoms with Gasteiger partial charge in [-0.2, -0.15) is 0 Å². The van der Waals surface area contributed by atoms with E-state index in [0.29, 0.717) is 33.8 Å². The van der Waals surface area contributed by atoms with Crippen molar-refractivity contribution in [2.45, 2.75) is 10.9 Å². The molecule has 2 aromatic carbocycles. The van der Waals surface area contributed by atoms with Gasteiger partial charge in [-0.05, 0) is 30.3 Å². The average Bonchev–Trinajstić information content (AvgIpc) is 3.45. The molecule has 9 nitrogen and oxygen atoms in total. The maximum Gasteiger partial charge on any atom is 0.278 e. The number of ether oxygens (including phenoxy) is 2. The molecular formula is C21H16N6O3S. The Labute approximate surface area is 181 Å². The number of nitrogens with zero attached hydrogens (tertiary/aromatic N) is 5. The first-order valence-electron chi connectivity index (χ1n) is 9.39. The average molecular weight is 432 g/mol. The van der Waals surface area contributed by atoms with E-state index in [-0.39, 0.29) is 18.4 Å². The second-order valence-corrected chi connectivity index (χ2v) is 7.42. The normalized spacial score (nSPS) is 12.0. The molecule has 0 spiro atoms. The molecular weight excluding hydrogens is 416 g/mol. The number of aromatic nitrogens is 5. The number of amides is 1. The molecule has 0 radical (unpaired) electrons. The van der Waals surface area contributed by atoms with Gasteiger partial charge in [0.25, 0.3) is 5.91 Å². The predicted molar refractivity (Wildman–Crippen MR) is 113 cm³/mol. The lowest BCUT2D eigenvalue weighted by atomic mass is 10.2. The summed E-state index contributed by atoms with van der Waals surface area (Å²) in [7, 11) is 0. The third-order valence-electron chi connectivity index (χ3n) is 4.49. The minimum absolute atomic E-state index is 0.168. The molecule has 0 aliphatic carbocycles. The van der Waals surface area contributed by atoms with Crippen molar-refractivity contribution < 1.29 is 14.3 Å². The number of nitrogens with one attached hydrogen (secondary N) is 1. The zero-order valence-corrected chi connectivity index (χ0v) is 17.0. The van der Waals surface area contributed by atoms with E-state index in [4.69, 9.17) is 9.47 Å². The lowest BCUT2D eigenvalue weighted by Crippen LogP contribution is -2.15. The van der Waals surface area contributed by atoms with Crippen molar-refractivity contribution >= 4 is 23.4 Å². The molecule has 0 saturated carbocycles. The largest absolute Gasteiger partial charge is 0.454 e. The molecule has 0 saturated heterocycles. The van der Waals surface area contributed by atoms with Gasteiger partial charge in [-0.3, -0.25) is 4.79 Å². The first kappa shape index (κ1) is 19.1. The van der Waals surface area contributed by atoms with Gasteiger partial charge in [0.05, 0.1) is 11.4 Å². The van der Waals surface area contributed by atoms with Crippen LogP contribution in [0.1, 0.15) is 16.2 Å². The van der Waals surface area contributed by atoms with E-state index in [0.717, 1.165) is 5.69 Å². The Morgan fingerprint density at radius 1 is 1.03 bits per heavy atom. The monoisotopic (exact) mass is 432 g/mol. The first-order valence-corrected chi connectivity index (χ1v) is 10.4. The minimum Gasteiger partial charge on any atom is -0.454 e. The zero-order valence-electron chi connectivity index (χ0n) is 16.1. The molecule has 0 fully saturated rings. The van der Waals surface area contributed by atoms with Crippen molar-refractivity contribution in [1.29, 1.82) is 0 Å². The third kappa shape index (κ3) is 4.05. The van der Waals surface area contributed by atoms with E-state index >= 15 is 0 Å². The molecule has 1 aliphatic heterocycles. The second-order valence-electron chi connectivity index (χ2n) is 6.47. The molecule has 4 aromatic rings. The second kappa shape index (κ2) is 8.44. The van der Waals surface area contributed by atoms with Crippen LogP contribution in [0.2, 0.25) is 0 Å². The van der Waals surface area contributed by atoms with Crippen LogP contribution in [-0.2, 0) is 5.75 Å². The summed E-state index contributed by atoms with van der Waals surface area (Å²) in [5.41, 5.74) is 2.25. The summed E-state index contributed by atoms with van der Waals surface area (Å²) in [5.74, 6) is 1.27. The van der Waals surface area contributed by atoms with Crippen LogP contribution < -0.4 is 14.8 Å². The Morgan fingerprint density at radius 3 is 2.68 bits per heavy atom. The number of hydrogen-bond donors (Lipinski definition) is 1. The highest BCUT2D eigenvalue weighted by atomic mass is 32.2. The Bertz CT molecular complexity index is 1220. The Balaban J connectivity index is 1.44. The summed E-state index contributed by atoms with van der Waals surface area (Å²) in [5, 5.41) is 11.9. The molecule has 1 N–H and O–H groups in total. The van der Waals surface area contributed by atoms with Crippen LogP contribution in [0.15, 0.2) is 72.1 Å². The number of benzene rings is 2. The Morgan fingerprint density at radius 2 is 1.84 bits per heavy atom. The smallest absolute Gasteiger partial charge is 0.278 e. The summed E-state index contributed by atoms with van der Waals surface area (Å²) in [6.07, 6.45) is 3.35. The highest BCUT2D eigenvalue weighted by Crippen LogP contribution is 2.34. The molecule has 0 atom stereocenters. The van der Waals surface area contributed by atoms with Gasteiger partial charge in [0.1, 0.15) is 0 Å². The molecule has 0 bridgehead atoms. The van der Waals surface area contributed by atoms with Crippen LogP contribution in [-0.4, -0.2) is 37.7 Å². The number of rotatable bonds is 6. The van der Waals surface area contributed by atoms with Gasteiger partial charge in [-0.1, -0.05) is 35.2 Å². The Kier molecular flexibility index (Phi) is 5.19. The summed E-state index contributed by atoms with van der Waals surface area (Å²) >= 11 is 1.40. The van der Waals surface area contributed by atoms with Crippen molar-refractivity contribution in [2.75, 3.05) is 12.1 Å². The number of hydrogen-bond acceptors (Lipinski definition) is 8. The van der Waals surface area contributed by atoms with Crippen LogP contribution in [0, 0.1) is 0 Å². The maximum atomic E-state index is 13.1. The highest BCUT2D eigenvalue weighted by Gasteiger charge is 2.22. The van der Waals surface area contributed by atoms with E-state index in [1.54, 1.807) is 41.3 Å². The van der Waals surface area contributed by atoms with Crippen molar-refractivity contribution in [3.8, 4) is 17.2 Å². The molecule has 1 aliphatic rings. The number of anilines is 1. The number of fused-ring (bicyclic) bond motifs is 1. The SMILES string of the molecule is O=C(Nc1ccc2c(c1)OCO2)c1nnn(-c2ccccc2)c1CSc1ncccn1. The van der Waals surface area contributed by atoms with E-state index in [2.05, 4.69) is 25.6 Å². The summed E-state index contributed by atoms with van der Waals surface area (Å²) in [6, 6.07) is 16.5. The van der Waals surface area contributed by atoms with Gasteiger partial charge in [0, 0.05) is 29.9 Å². The first-order chi connectivity index (χ1) is 15.3. The van der Waals surface area contributed by atoms with Crippen LogP contribution in [0.5, 0.6) is 11.5 Å². The van der Waals surface area contributed by atoms with Crippen molar-refractivity contribution in [2.24, 2.45) is 0 Å². The summed E-state index contributed by atoms with van der Waals surface area (Å²) in [4.78, 5) is 21.5. The Hall–Kier alpha value is -3.92. The van der Waals surface area contributed by atoms with Crippen molar-refractivity contribution in [1.82, 2.24) is 25.0 Å². The number of thioether (sulfide) groups is 1. The number of carbonyl (C=O) groups excluding carboxylic acids is 1. The number of carbonyl (C=O) groups is 1. The quantitative estimate of drug-likeness (QED) is 0.365. The minimum atomic E-state index is -0.370. The zero-order chi connectivity index (χ0) is 21.0. The van der Waals surface area contributed by atoms with Crippen LogP contribution >= 0.6 is 11.8 Å². The fourth-order valence-electron chi connectivity index (χ4n) is 3.04. The van der Waals surface area contributed by atoms with E-state index in [1.165, 1.54) is 11.8 Å². The number of para-hydroxylation sites is 1. The molecule has 1 amide bonds. The molecule has 0 unspecified atom stereocenters. The van der Waals surface area contributed by atoms with Crippen molar-refractivity contribution in [3.63, 3.8) is 0 Å². The molecule has 10 heteroatoms. The van der Waals surface area contributed by atoms with Gasteiger partial charge < -0.3 is 14.8 Å². The van der Waals surface area contributed by atoms with Gasteiger partial charge in [0.15, 0.2) is 22.3 Å². The van der Waals surface area contributed by atoms with Gasteiger partial charge in [0.2, 0.25) is 6.79 Å². The summed E-state index contributed by atoms with van der Waals surface area (Å²) < 4.78 is 12.3. The maximum absolute atomic E-state index is 13.1. The molecule has 154 valence electrons. The molecule has 3 heterocycles. The van der Waals surface area contributed by atoms with E-state index in [9.17, 15) is 4.79 Å². The van der Waals surface area contributed by atoms with Crippen LogP contribution in [0.4, 0.5) is 5.69 Å². The standard InChI is InChI=1S/C21H16N6O3S/c28-20(24-14-7-8-17-18(11-14)30-13-29-17)19-16(12-31-21-22-9-4-10-23-21)27(26-25-19)15-5-2-1-3-6-15/h1-11H,12-13H2,(H,24,28). The van der Waals surface area contributed by atoms with Gasteiger partial charge >= 0.3 is 0 Å². The van der Waals surface area contributed by atoms with Crippen LogP contribution in [0.3, 0.4) is 0 Å². The van der Waals surface area contributed by atoms with Crippen LogP contribution in [0.25, 0.3) is 5.69 Å². The lowest BCUT2D eigenvalue weighted by Gasteiger charge is -2.08. The molecule has 2 aromatic heterocycles. The fraction of sp³-hybridized carbons (Fsp3) is 0.0952. The molecule has 31 heavy (non-hydrogen) atoms. The predicted octanol–water partition coefficient (Wildman–Crippen LogP) is 3.33. The highest BCUT2D eigenvalue weighted by molar-refractivity contribution is 7.98. The van der Waals surface area contributed by atoms with E-state index < -0.39 is 0 Å². The van der Waals surface area contributed by atoms with Gasteiger partial charge in [-0.15, -0.1) is 5.10 Å². The third-order valence-corrected chi connectivity index (χ3v) is 5.38. The van der Waals surface area contributed by atoms with E-state index in [1.807, 2.05) is 30.3 Å².